The van der Waals surface area contributed by atoms with Crippen molar-refractivity contribution >= 4 is 23.2 Å². The molecular weight excluding hydrogens is 463 g/mol. The summed E-state index contributed by atoms with van der Waals surface area (Å²) in [5.74, 6) is 0.764. The summed E-state index contributed by atoms with van der Waals surface area (Å²) in [6.45, 7) is -1.45. The van der Waals surface area contributed by atoms with Gasteiger partial charge in [-0.05, 0) is 48.6 Å². The number of alkyl halides is 3. The third-order valence-corrected chi connectivity index (χ3v) is 5.19. The van der Waals surface area contributed by atoms with E-state index in [1.165, 1.54) is 23.8 Å². The Labute approximate surface area is 198 Å². The summed E-state index contributed by atoms with van der Waals surface area (Å²) in [5.41, 5.74) is 1.73. The molecule has 11 heteroatoms. The van der Waals surface area contributed by atoms with E-state index in [0.29, 0.717) is 28.3 Å². The lowest BCUT2D eigenvalue weighted by molar-refractivity contribution is -0.178. The molecular formula is C24H22F3N5O3. The maximum atomic E-state index is 13.7. The maximum absolute atomic E-state index is 13.7. The van der Waals surface area contributed by atoms with Crippen molar-refractivity contribution in [3.05, 3.63) is 82.1 Å². The van der Waals surface area contributed by atoms with Gasteiger partial charge in [-0.2, -0.15) is 13.2 Å². The van der Waals surface area contributed by atoms with Gasteiger partial charge in [0.2, 0.25) is 0 Å². The molecule has 4 rings (SSSR count). The lowest BCUT2D eigenvalue weighted by atomic mass is 9.98. The zero-order valence-corrected chi connectivity index (χ0v) is 18.8. The first-order valence-corrected chi connectivity index (χ1v) is 10.5. The molecule has 1 aliphatic carbocycles. The van der Waals surface area contributed by atoms with E-state index in [9.17, 15) is 18.0 Å². The van der Waals surface area contributed by atoms with Crippen LogP contribution in [0.5, 0.6) is 5.75 Å². The molecule has 1 aromatic heterocycles. The average Bonchev–Trinajstić information content (AvgIpc) is 2.83. The van der Waals surface area contributed by atoms with E-state index in [1.807, 2.05) is 0 Å². The highest BCUT2D eigenvalue weighted by atomic mass is 19.4. The second-order valence-corrected chi connectivity index (χ2v) is 7.62. The Balaban J connectivity index is 1.85. The molecule has 1 unspecified atom stereocenters. The number of allylic oxidation sites excluding steroid dienone is 5. The first kappa shape index (κ1) is 24.0. The summed E-state index contributed by atoms with van der Waals surface area (Å²) < 4.78 is 49.4. The number of aromatic nitrogens is 2. The van der Waals surface area contributed by atoms with Crippen LogP contribution in [0.3, 0.4) is 0 Å². The van der Waals surface area contributed by atoms with Crippen LogP contribution < -0.4 is 20.9 Å². The standard InChI is InChI=1S/C24H22F3N5O3/c1-29-12-15-11-14(3-8-18(15)28)21-23(33)32(16-4-6-17(34-2)7-5-16)22-19(30-21)9-10-20(31-22)35-13-24(25,26)27/h3-12,20,28-29,31H,13H2,1-2H3/b15-12-,28-18?. The average molecular weight is 485 g/mol. The highest BCUT2D eigenvalue weighted by Crippen LogP contribution is 2.28. The van der Waals surface area contributed by atoms with Crippen LogP contribution in [-0.2, 0) is 4.74 Å². The zero-order valence-electron chi connectivity index (χ0n) is 18.8. The van der Waals surface area contributed by atoms with Gasteiger partial charge in [0.1, 0.15) is 35.8 Å². The van der Waals surface area contributed by atoms with Crippen molar-refractivity contribution in [3.63, 3.8) is 0 Å². The van der Waals surface area contributed by atoms with E-state index in [-0.39, 0.29) is 17.2 Å². The summed E-state index contributed by atoms with van der Waals surface area (Å²) >= 11 is 0. The summed E-state index contributed by atoms with van der Waals surface area (Å²) in [4.78, 5) is 18.2. The number of methoxy groups -OCH3 is 1. The van der Waals surface area contributed by atoms with Crippen molar-refractivity contribution in [2.45, 2.75) is 12.4 Å². The number of rotatable bonds is 6. The van der Waals surface area contributed by atoms with E-state index >= 15 is 0 Å². The Kier molecular flexibility index (Phi) is 6.61. The Morgan fingerprint density at radius 1 is 1.23 bits per heavy atom. The highest BCUT2D eigenvalue weighted by molar-refractivity contribution is 6.12. The maximum Gasteiger partial charge on any atom is 0.411 e. The molecule has 1 aliphatic heterocycles. The van der Waals surface area contributed by atoms with Crippen molar-refractivity contribution < 1.29 is 22.6 Å². The van der Waals surface area contributed by atoms with Crippen molar-refractivity contribution in [2.75, 3.05) is 26.1 Å². The lowest BCUT2D eigenvalue weighted by Crippen LogP contribution is -2.34. The topological polar surface area (TPSA) is 101 Å². The minimum atomic E-state index is -4.50. The molecule has 3 N–H and O–H groups in total. The Hall–Kier alpha value is -4.12. The van der Waals surface area contributed by atoms with Gasteiger partial charge < -0.3 is 25.5 Å². The molecule has 0 saturated carbocycles. The number of nitrogens with zero attached hydrogens (tertiary/aromatic N) is 2. The van der Waals surface area contributed by atoms with E-state index in [4.69, 9.17) is 14.9 Å². The minimum Gasteiger partial charge on any atom is -0.497 e. The normalized spacial score (nSPS) is 18.2. The van der Waals surface area contributed by atoms with Gasteiger partial charge >= 0.3 is 6.18 Å². The quantitative estimate of drug-likeness (QED) is 0.578. The molecule has 1 atom stereocenters. The molecule has 0 spiro atoms. The molecule has 0 saturated heterocycles. The van der Waals surface area contributed by atoms with Gasteiger partial charge in [-0.3, -0.25) is 9.36 Å². The summed E-state index contributed by atoms with van der Waals surface area (Å²) in [6, 6.07) is 6.64. The van der Waals surface area contributed by atoms with Crippen molar-refractivity contribution in [2.24, 2.45) is 0 Å². The fourth-order valence-corrected chi connectivity index (χ4v) is 3.59. The van der Waals surface area contributed by atoms with Gasteiger partial charge in [0.25, 0.3) is 5.56 Å². The number of anilines is 1. The van der Waals surface area contributed by atoms with Crippen molar-refractivity contribution in [1.82, 2.24) is 14.9 Å². The third kappa shape index (κ3) is 5.19. The van der Waals surface area contributed by atoms with Gasteiger partial charge in [-0.15, -0.1) is 0 Å². The van der Waals surface area contributed by atoms with Crippen LogP contribution >= 0.6 is 0 Å². The number of ether oxygens (including phenoxy) is 2. The Morgan fingerprint density at radius 3 is 2.63 bits per heavy atom. The van der Waals surface area contributed by atoms with Crippen LogP contribution in [0.2, 0.25) is 0 Å². The van der Waals surface area contributed by atoms with Crippen LogP contribution in [0.25, 0.3) is 17.3 Å². The number of hydrogen-bond acceptors (Lipinski definition) is 7. The highest BCUT2D eigenvalue weighted by Gasteiger charge is 2.30. The molecule has 35 heavy (non-hydrogen) atoms. The molecule has 2 aromatic rings. The van der Waals surface area contributed by atoms with Crippen LogP contribution in [0.4, 0.5) is 19.0 Å². The predicted octanol–water partition coefficient (Wildman–Crippen LogP) is 3.66. The van der Waals surface area contributed by atoms with E-state index in [1.54, 1.807) is 55.7 Å². The van der Waals surface area contributed by atoms with E-state index in [2.05, 4.69) is 15.6 Å². The van der Waals surface area contributed by atoms with E-state index in [0.717, 1.165) is 0 Å². The fraction of sp³-hybridized carbons (Fsp3) is 0.208. The largest absolute Gasteiger partial charge is 0.497 e. The van der Waals surface area contributed by atoms with Crippen LogP contribution in [-0.4, -0.2) is 48.4 Å². The second-order valence-electron chi connectivity index (χ2n) is 7.62. The monoisotopic (exact) mass is 485 g/mol. The Morgan fingerprint density at radius 2 is 1.97 bits per heavy atom. The summed E-state index contributed by atoms with van der Waals surface area (Å²) in [5, 5.41) is 13.8. The molecule has 2 heterocycles. The SMILES string of the molecule is CN/C=C1/C=C(c2nc3c(n(-c4ccc(OC)cc4)c2=O)NC(OCC(F)(F)F)C=C3)C=CC1=N. The molecule has 0 amide bonds. The molecule has 8 nitrogen and oxygen atoms in total. The van der Waals surface area contributed by atoms with E-state index < -0.39 is 24.6 Å². The summed E-state index contributed by atoms with van der Waals surface area (Å²) in [7, 11) is 3.21. The molecule has 0 bridgehead atoms. The smallest absolute Gasteiger partial charge is 0.411 e. The molecule has 182 valence electrons. The minimum absolute atomic E-state index is 0.117. The molecule has 0 fully saturated rings. The Bertz CT molecular complexity index is 1320. The summed E-state index contributed by atoms with van der Waals surface area (Å²) in [6.07, 6.45) is 3.79. The molecule has 0 radical (unpaired) electrons. The number of halogens is 3. The number of fused-ring (bicyclic) bond motifs is 1. The van der Waals surface area contributed by atoms with Crippen molar-refractivity contribution in [3.8, 4) is 11.4 Å². The fourth-order valence-electron chi connectivity index (χ4n) is 3.59. The zero-order chi connectivity index (χ0) is 25.2. The molecule has 2 aliphatic rings. The molecule has 1 aromatic carbocycles. The van der Waals surface area contributed by atoms with Gasteiger partial charge in [-0.25, -0.2) is 4.98 Å². The number of hydrogen-bond donors (Lipinski definition) is 3. The van der Waals surface area contributed by atoms with Gasteiger partial charge in [-0.1, -0.05) is 6.08 Å². The first-order chi connectivity index (χ1) is 16.7. The third-order valence-electron chi connectivity index (χ3n) is 5.19. The first-order valence-electron chi connectivity index (χ1n) is 10.5. The van der Waals surface area contributed by atoms with Crippen LogP contribution in [0, 0.1) is 5.41 Å². The van der Waals surface area contributed by atoms with Gasteiger partial charge in [0.05, 0.1) is 18.5 Å². The van der Waals surface area contributed by atoms with Gasteiger partial charge in [0, 0.05) is 24.4 Å². The van der Waals surface area contributed by atoms with Crippen molar-refractivity contribution in [1.29, 1.82) is 5.41 Å². The predicted molar refractivity (Wildman–Crippen MR) is 127 cm³/mol. The lowest BCUT2D eigenvalue weighted by Gasteiger charge is -2.26. The second kappa shape index (κ2) is 9.63. The number of benzene rings is 1. The number of nitrogens with one attached hydrogen (secondary N) is 3. The van der Waals surface area contributed by atoms with Gasteiger partial charge in [0.15, 0.2) is 0 Å². The van der Waals surface area contributed by atoms with Crippen LogP contribution in [0.15, 0.2) is 65.1 Å². The van der Waals surface area contributed by atoms with Crippen LogP contribution in [0.1, 0.15) is 11.4 Å².